The van der Waals surface area contributed by atoms with E-state index in [-0.39, 0.29) is 6.42 Å². The van der Waals surface area contributed by atoms with Crippen LogP contribution in [0, 0.1) is 0 Å². The van der Waals surface area contributed by atoms with Crippen LogP contribution in [-0.4, -0.2) is 25.0 Å². The predicted molar refractivity (Wildman–Crippen MR) is 57.1 cm³/mol. The van der Waals surface area contributed by atoms with Gasteiger partial charge in [0, 0.05) is 6.42 Å². The van der Waals surface area contributed by atoms with E-state index in [4.69, 9.17) is 4.55 Å². The molecule has 6 nitrogen and oxygen atoms in total. The molecule has 1 atom stereocenters. The molecule has 0 aliphatic heterocycles. The van der Waals surface area contributed by atoms with Crippen LogP contribution in [0.4, 0.5) is 0 Å². The van der Waals surface area contributed by atoms with Crippen molar-refractivity contribution < 1.29 is 28.6 Å². The third-order valence-electron chi connectivity index (χ3n) is 2.19. The van der Waals surface area contributed by atoms with Crippen LogP contribution in [0.1, 0.15) is 11.1 Å². The van der Waals surface area contributed by atoms with Crippen molar-refractivity contribution in [1.82, 2.24) is 0 Å². The number of hydrogen-bond acceptors (Lipinski definition) is 4. The smallest absolute Gasteiger partial charge is 0.269 e. The Hall–Kier alpha value is -1.44. The first-order valence-electron chi connectivity index (χ1n) is 4.85. The molecule has 1 aromatic carbocycles. The van der Waals surface area contributed by atoms with Gasteiger partial charge in [0.1, 0.15) is 11.8 Å². The summed E-state index contributed by atoms with van der Waals surface area (Å²) in [6, 6.07) is 5.39. The highest BCUT2D eigenvalue weighted by Crippen LogP contribution is 2.08. The molecular weight excluding hydrogens is 246 g/mol. The molecule has 1 rings (SSSR count). The van der Waals surface area contributed by atoms with Crippen molar-refractivity contribution in [3.63, 3.8) is 0 Å². The maximum atomic E-state index is 10.6. The van der Waals surface area contributed by atoms with E-state index in [1.165, 1.54) is 12.1 Å². The molecule has 0 heterocycles. The van der Waals surface area contributed by atoms with Gasteiger partial charge in [-0.25, -0.2) is 0 Å². The van der Waals surface area contributed by atoms with Gasteiger partial charge in [-0.15, -0.1) is 0 Å². The number of carboxylic acid groups (broad SMARTS) is 1. The maximum absolute atomic E-state index is 10.6. The van der Waals surface area contributed by atoms with Crippen LogP contribution in [0.5, 0.6) is 0 Å². The van der Waals surface area contributed by atoms with Gasteiger partial charge in [-0.2, -0.15) is 8.42 Å². The Kier molecular flexibility index (Phi) is 4.22. The average Bonchev–Trinajstić information content (AvgIpc) is 2.18. The zero-order valence-electron chi connectivity index (χ0n) is 9.00. The number of carbonyl (C=O) groups is 1. The van der Waals surface area contributed by atoms with Crippen molar-refractivity contribution in [1.29, 1.82) is 0 Å². The summed E-state index contributed by atoms with van der Waals surface area (Å²) < 4.78 is 29.9. The van der Waals surface area contributed by atoms with Gasteiger partial charge in [0.2, 0.25) is 0 Å². The lowest BCUT2D eigenvalue weighted by Gasteiger charge is -2.09. The van der Waals surface area contributed by atoms with Gasteiger partial charge in [0.15, 0.2) is 0 Å². The van der Waals surface area contributed by atoms with E-state index in [1.54, 1.807) is 12.1 Å². The van der Waals surface area contributed by atoms with E-state index in [9.17, 15) is 18.3 Å². The van der Waals surface area contributed by atoms with Crippen molar-refractivity contribution >= 4 is 16.1 Å². The summed E-state index contributed by atoms with van der Waals surface area (Å²) in [6.07, 6.45) is 0.217. The van der Waals surface area contributed by atoms with Gasteiger partial charge in [-0.3, -0.25) is 4.55 Å². The minimum Gasteiger partial charge on any atom is -0.544 e. The summed E-state index contributed by atoms with van der Waals surface area (Å²) in [7, 11) is -4.04. The lowest BCUT2D eigenvalue weighted by molar-refractivity contribution is -0.437. The highest BCUT2D eigenvalue weighted by Gasteiger charge is 2.10. The molecule has 0 bridgehead atoms. The second kappa shape index (κ2) is 5.26. The number of hydrogen-bond donors (Lipinski definition) is 2. The van der Waals surface area contributed by atoms with Crippen molar-refractivity contribution in [3.05, 3.63) is 35.4 Å². The normalized spacial score (nSPS) is 13.3. The van der Waals surface area contributed by atoms with E-state index in [0.29, 0.717) is 11.1 Å². The summed E-state index contributed by atoms with van der Waals surface area (Å²) in [6.45, 7) is 0. The lowest BCUT2D eigenvalue weighted by Crippen LogP contribution is -2.69. The summed E-state index contributed by atoms with van der Waals surface area (Å²) in [5, 5.41) is 10.5. The zero-order chi connectivity index (χ0) is 13.1. The Balaban J connectivity index is 2.72. The molecule has 17 heavy (non-hydrogen) atoms. The second-order valence-corrected chi connectivity index (χ2v) is 5.22. The van der Waals surface area contributed by atoms with Gasteiger partial charge < -0.3 is 15.6 Å². The standard InChI is InChI=1S/C10H13NO5S/c11-9(10(12)13)5-7-1-3-8(4-2-7)6-17(14,15)16/h1-4,9H,5-6,11H2,(H,12,13)(H,14,15,16). The molecule has 94 valence electrons. The van der Waals surface area contributed by atoms with Crippen LogP contribution in [0.25, 0.3) is 0 Å². The topological polar surface area (TPSA) is 122 Å². The van der Waals surface area contributed by atoms with Crippen LogP contribution in [0.15, 0.2) is 24.3 Å². The summed E-state index contributed by atoms with van der Waals surface area (Å²) in [4.78, 5) is 10.5. The molecule has 0 saturated carbocycles. The van der Waals surface area contributed by atoms with E-state index in [0.717, 1.165) is 0 Å². The molecule has 0 aromatic heterocycles. The first-order chi connectivity index (χ1) is 7.78. The monoisotopic (exact) mass is 259 g/mol. The number of aliphatic carboxylic acids is 1. The third kappa shape index (κ3) is 4.94. The first kappa shape index (κ1) is 13.6. The van der Waals surface area contributed by atoms with Crippen molar-refractivity contribution in [2.75, 3.05) is 0 Å². The maximum Gasteiger partial charge on any atom is 0.269 e. The SMILES string of the molecule is [NH3+]C(Cc1ccc(CS(=O)(=O)O)cc1)C(=O)[O-]. The fourth-order valence-electron chi connectivity index (χ4n) is 1.35. The van der Waals surface area contributed by atoms with Gasteiger partial charge in [-0.1, -0.05) is 24.3 Å². The highest BCUT2D eigenvalue weighted by molar-refractivity contribution is 7.85. The Morgan fingerprint density at radius 1 is 1.29 bits per heavy atom. The number of quaternary nitrogens is 1. The molecule has 1 unspecified atom stereocenters. The highest BCUT2D eigenvalue weighted by atomic mass is 32.2. The molecule has 4 N–H and O–H groups in total. The lowest BCUT2D eigenvalue weighted by atomic mass is 10.1. The van der Waals surface area contributed by atoms with Crippen LogP contribution in [0.2, 0.25) is 0 Å². The van der Waals surface area contributed by atoms with E-state index < -0.39 is 27.9 Å². The molecule has 0 saturated heterocycles. The quantitative estimate of drug-likeness (QED) is 0.591. The molecule has 0 aliphatic carbocycles. The first-order valence-corrected chi connectivity index (χ1v) is 6.46. The van der Waals surface area contributed by atoms with Crippen molar-refractivity contribution in [3.8, 4) is 0 Å². The van der Waals surface area contributed by atoms with Crippen molar-refractivity contribution in [2.45, 2.75) is 18.2 Å². The molecule has 0 fully saturated rings. The number of carbonyl (C=O) groups excluding carboxylic acids is 1. The third-order valence-corrected chi connectivity index (χ3v) is 2.89. The van der Waals surface area contributed by atoms with Gasteiger partial charge in [-0.05, 0) is 11.1 Å². The van der Waals surface area contributed by atoms with E-state index in [2.05, 4.69) is 5.73 Å². The minimum atomic E-state index is -4.04. The van der Waals surface area contributed by atoms with Crippen LogP contribution >= 0.6 is 0 Å². The summed E-state index contributed by atoms with van der Waals surface area (Å²) in [5.41, 5.74) is 4.57. The minimum absolute atomic E-state index is 0.217. The average molecular weight is 259 g/mol. The Labute approximate surface area is 98.8 Å². The second-order valence-electron chi connectivity index (χ2n) is 3.76. The van der Waals surface area contributed by atoms with Gasteiger partial charge >= 0.3 is 0 Å². The molecule has 0 aliphatic rings. The largest absolute Gasteiger partial charge is 0.544 e. The molecule has 0 amide bonds. The van der Waals surface area contributed by atoms with Crippen molar-refractivity contribution in [2.24, 2.45) is 0 Å². The number of benzene rings is 1. The van der Waals surface area contributed by atoms with E-state index >= 15 is 0 Å². The van der Waals surface area contributed by atoms with Crippen LogP contribution in [-0.2, 0) is 27.1 Å². The molecule has 0 radical (unpaired) electrons. The zero-order valence-corrected chi connectivity index (χ0v) is 9.81. The fraction of sp³-hybridized carbons (Fsp3) is 0.300. The van der Waals surface area contributed by atoms with Crippen LogP contribution < -0.4 is 10.8 Å². The molecule has 0 spiro atoms. The van der Waals surface area contributed by atoms with Gasteiger partial charge in [0.05, 0.1) is 5.97 Å². The molecule has 7 heteroatoms. The Bertz CT molecular complexity index is 494. The summed E-state index contributed by atoms with van der Waals surface area (Å²) >= 11 is 0. The van der Waals surface area contributed by atoms with Crippen LogP contribution in [0.3, 0.4) is 0 Å². The number of rotatable bonds is 5. The van der Waals surface area contributed by atoms with E-state index in [1.807, 2.05) is 0 Å². The molecule has 1 aromatic rings. The predicted octanol–water partition coefficient (Wildman–Crippen LogP) is -2.02. The molecular formula is C10H13NO5S. The van der Waals surface area contributed by atoms with Gasteiger partial charge in [0.25, 0.3) is 10.1 Å². The Morgan fingerprint density at radius 3 is 2.18 bits per heavy atom. The summed E-state index contributed by atoms with van der Waals surface area (Å²) in [5.74, 6) is -1.69. The fourth-order valence-corrected chi connectivity index (χ4v) is 1.96. The number of carboxylic acids is 1. The Morgan fingerprint density at radius 2 is 1.76 bits per heavy atom.